The first-order valence-electron chi connectivity index (χ1n) is 6.96. The summed E-state index contributed by atoms with van der Waals surface area (Å²) >= 11 is 0. The number of nitrogens with zero attached hydrogens (tertiary/aromatic N) is 2. The molecule has 0 bridgehead atoms. The fourth-order valence-corrected chi connectivity index (χ4v) is 2.97. The van der Waals surface area contributed by atoms with Gasteiger partial charge in [0.25, 0.3) is 0 Å². The van der Waals surface area contributed by atoms with E-state index in [-0.39, 0.29) is 0 Å². The summed E-state index contributed by atoms with van der Waals surface area (Å²) in [6.07, 6.45) is 1.87. The molecule has 0 unspecified atom stereocenters. The number of hydrogen-bond acceptors (Lipinski definition) is 2. The van der Waals surface area contributed by atoms with E-state index in [1.807, 2.05) is 30.5 Å². The second-order valence-electron chi connectivity index (χ2n) is 5.24. The van der Waals surface area contributed by atoms with Gasteiger partial charge in [-0.05, 0) is 43.3 Å². The highest BCUT2D eigenvalue weighted by Gasteiger charge is 2.13. The summed E-state index contributed by atoms with van der Waals surface area (Å²) < 4.78 is 2.26. The Hall–Kier alpha value is -2.81. The number of pyridine rings is 1. The second kappa shape index (κ2) is 4.35. The third kappa shape index (κ3) is 1.71. The molecule has 0 saturated carbocycles. The quantitative estimate of drug-likeness (QED) is 0.531. The average molecular weight is 273 g/mol. The normalized spacial score (nSPS) is 11.3. The van der Waals surface area contributed by atoms with Gasteiger partial charge in [-0.1, -0.05) is 18.2 Å². The molecule has 0 atom stereocenters. The maximum atomic E-state index is 5.81. The van der Waals surface area contributed by atoms with E-state index in [9.17, 15) is 0 Å². The van der Waals surface area contributed by atoms with Gasteiger partial charge in [0.05, 0.1) is 16.7 Å². The molecular formula is C18H15N3. The van der Waals surface area contributed by atoms with Gasteiger partial charge in [0, 0.05) is 28.3 Å². The van der Waals surface area contributed by atoms with Crippen LogP contribution in [0.15, 0.2) is 60.8 Å². The molecule has 2 heterocycles. The van der Waals surface area contributed by atoms with E-state index in [0.29, 0.717) is 0 Å². The number of hydrogen-bond donors (Lipinski definition) is 1. The molecule has 21 heavy (non-hydrogen) atoms. The topological polar surface area (TPSA) is 43.8 Å². The molecule has 3 nitrogen and oxygen atoms in total. The Bertz CT molecular complexity index is 949. The number of aromatic nitrogens is 2. The first-order valence-corrected chi connectivity index (χ1v) is 6.96. The van der Waals surface area contributed by atoms with Crippen LogP contribution in [0.1, 0.15) is 5.69 Å². The first kappa shape index (κ1) is 12.0. The highest BCUT2D eigenvalue weighted by atomic mass is 15.0. The average Bonchev–Trinajstić information content (AvgIpc) is 2.84. The van der Waals surface area contributed by atoms with Crippen LogP contribution in [-0.4, -0.2) is 9.55 Å². The summed E-state index contributed by atoms with van der Waals surface area (Å²) in [5.74, 6) is 0. The first-order chi connectivity index (χ1) is 10.3. The van der Waals surface area contributed by atoms with Gasteiger partial charge in [-0.3, -0.25) is 4.98 Å². The number of para-hydroxylation sites is 1. The minimum absolute atomic E-state index is 0.773. The number of benzene rings is 2. The van der Waals surface area contributed by atoms with Crippen molar-refractivity contribution in [2.45, 2.75) is 6.92 Å². The number of anilines is 1. The number of fused-ring (bicyclic) bond motifs is 3. The molecule has 102 valence electrons. The minimum Gasteiger partial charge on any atom is -0.399 e. The summed E-state index contributed by atoms with van der Waals surface area (Å²) in [7, 11) is 0. The Labute approximate surface area is 122 Å². The smallest absolute Gasteiger partial charge is 0.0753 e. The fraction of sp³-hybridized carbons (Fsp3) is 0.0556. The van der Waals surface area contributed by atoms with Crippen LogP contribution in [0.5, 0.6) is 0 Å². The van der Waals surface area contributed by atoms with Crippen LogP contribution in [0.4, 0.5) is 5.69 Å². The van der Waals surface area contributed by atoms with Gasteiger partial charge in [-0.25, -0.2) is 0 Å². The SMILES string of the molecule is Cc1nccc2c3ccccc3n(-c3ccc(N)cc3)c12. The molecule has 2 aromatic heterocycles. The molecule has 2 N–H and O–H groups in total. The van der Waals surface area contributed by atoms with Crippen molar-refractivity contribution in [3.05, 3.63) is 66.5 Å². The van der Waals surface area contributed by atoms with Gasteiger partial charge < -0.3 is 10.3 Å². The molecule has 4 aromatic rings. The molecule has 0 spiro atoms. The van der Waals surface area contributed by atoms with Crippen molar-refractivity contribution in [1.29, 1.82) is 0 Å². The highest BCUT2D eigenvalue weighted by Crippen LogP contribution is 2.32. The van der Waals surface area contributed by atoms with Crippen LogP contribution in [0.3, 0.4) is 0 Å². The van der Waals surface area contributed by atoms with E-state index in [4.69, 9.17) is 5.73 Å². The Morgan fingerprint density at radius 2 is 1.67 bits per heavy atom. The number of aryl methyl sites for hydroxylation is 1. The van der Waals surface area contributed by atoms with Gasteiger partial charge >= 0.3 is 0 Å². The summed E-state index contributed by atoms with van der Waals surface area (Å²) in [4.78, 5) is 4.46. The van der Waals surface area contributed by atoms with Crippen LogP contribution >= 0.6 is 0 Å². The zero-order chi connectivity index (χ0) is 14.4. The third-order valence-corrected chi connectivity index (χ3v) is 3.92. The molecule has 0 fully saturated rings. The molecule has 0 amide bonds. The van der Waals surface area contributed by atoms with E-state index >= 15 is 0 Å². The molecule has 3 heteroatoms. The summed E-state index contributed by atoms with van der Waals surface area (Å²) in [6, 6.07) is 18.5. The molecule has 0 radical (unpaired) electrons. The zero-order valence-corrected chi connectivity index (χ0v) is 11.7. The molecule has 4 rings (SSSR count). The number of nitrogen functional groups attached to an aromatic ring is 1. The Balaban J connectivity index is 2.21. The van der Waals surface area contributed by atoms with Crippen LogP contribution in [-0.2, 0) is 0 Å². The molecular weight excluding hydrogens is 258 g/mol. The Morgan fingerprint density at radius 1 is 0.905 bits per heavy atom. The number of rotatable bonds is 1. The second-order valence-corrected chi connectivity index (χ2v) is 5.24. The van der Waals surface area contributed by atoms with E-state index in [1.54, 1.807) is 0 Å². The van der Waals surface area contributed by atoms with Crippen molar-refractivity contribution in [2.75, 3.05) is 5.73 Å². The van der Waals surface area contributed by atoms with Crippen molar-refractivity contribution >= 4 is 27.5 Å². The van der Waals surface area contributed by atoms with Crippen molar-refractivity contribution in [3.63, 3.8) is 0 Å². The lowest BCUT2D eigenvalue weighted by atomic mass is 10.2. The minimum atomic E-state index is 0.773. The molecule has 0 saturated heterocycles. The van der Waals surface area contributed by atoms with E-state index in [2.05, 4.69) is 46.8 Å². The lowest BCUT2D eigenvalue weighted by Crippen LogP contribution is -1.96. The van der Waals surface area contributed by atoms with Crippen LogP contribution in [0, 0.1) is 6.92 Å². The molecule has 2 aromatic carbocycles. The predicted molar refractivity (Wildman–Crippen MR) is 87.7 cm³/mol. The zero-order valence-electron chi connectivity index (χ0n) is 11.7. The summed E-state index contributed by atoms with van der Waals surface area (Å²) in [6.45, 7) is 2.05. The highest BCUT2D eigenvalue weighted by molar-refractivity contribution is 6.09. The largest absolute Gasteiger partial charge is 0.399 e. The molecule has 0 aliphatic rings. The Morgan fingerprint density at radius 3 is 2.48 bits per heavy atom. The van der Waals surface area contributed by atoms with E-state index in [1.165, 1.54) is 16.3 Å². The van der Waals surface area contributed by atoms with Crippen molar-refractivity contribution in [2.24, 2.45) is 0 Å². The number of nitrogens with two attached hydrogens (primary N) is 1. The fourth-order valence-electron chi connectivity index (χ4n) is 2.97. The van der Waals surface area contributed by atoms with E-state index in [0.717, 1.165) is 22.6 Å². The van der Waals surface area contributed by atoms with Crippen molar-refractivity contribution in [3.8, 4) is 5.69 Å². The van der Waals surface area contributed by atoms with Crippen molar-refractivity contribution < 1.29 is 0 Å². The summed E-state index contributed by atoms with van der Waals surface area (Å²) in [5, 5.41) is 2.48. The van der Waals surface area contributed by atoms with E-state index < -0.39 is 0 Å². The molecule has 0 aliphatic heterocycles. The lowest BCUT2D eigenvalue weighted by Gasteiger charge is -2.09. The summed E-state index contributed by atoms with van der Waals surface area (Å²) in [5.41, 5.74) is 11.1. The predicted octanol–water partition coefficient (Wildman–Crippen LogP) is 4.07. The van der Waals surface area contributed by atoms with Crippen molar-refractivity contribution in [1.82, 2.24) is 9.55 Å². The van der Waals surface area contributed by atoms with Gasteiger partial charge in [-0.2, -0.15) is 0 Å². The van der Waals surface area contributed by atoms with Gasteiger partial charge in [-0.15, -0.1) is 0 Å². The van der Waals surface area contributed by atoms with Gasteiger partial charge in [0.15, 0.2) is 0 Å². The maximum Gasteiger partial charge on any atom is 0.0753 e. The van der Waals surface area contributed by atoms with Crippen LogP contribution < -0.4 is 5.73 Å². The lowest BCUT2D eigenvalue weighted by molar-refractivity contribution is 1.13. The third-order valence-electron chi connectivity index (χ3n) is 3.92. The standard InChI is InChI=1S/C18H15N3/c1-12-18-16(10-11-20-12)15-4-2-3-5-17(15)21(18)14-8-6-13(19)7-9-14/h2-11H,19H2,1H3. The van der Waals surface area contributed by atoms with Gasteiger partial charge in [0.2, 0.25) is 0 Å². The van der Waals surface area contributed by atoms with Crippen LogP contribution in [0.2, 0.25) is 0 Å². The monoisotopic (exact) mass is 273 g/mol. The van der Waals surface area contributed by atoms with Gasteiger partial charge in [0.1, 0.15) is 0 Å². The van der Waals surface area contributed by atoms with Crippen LogP contribution in [0.25, 0.3) is 27.5 Å². The maximum absolute atomic E-state index is 5.81. The molecule has 0 aliphatic carbocycles. The Kier molecular flexibility index (Phi) is 2.48.